The minimum Gasteiger partial charge on any atom is -0.397 e. The third-order valence-electron chi connectivity index (χ3n) is 2.50. The average molecular weight is 269 g/mol. The molecule has 0 radical (unpaired) electrons. The first-order valence-corrected chi connectivity index (χ1v) is 5.67. The third kappa shape index (κ3) is 2.90. The smallest absolute Gasteiger partial charge is 0.131 e. The molecule has 0 bridgehead atoms. The number of halogens is 3. The van der Waals surface area contributed by atoms with Crippen molar-refractivity contribution in [2.75, 3.05) is 11.1 Å². The molecule has 0 saturated carbocycles. The number of hydrogen-bond acceptors (Lipinski definition) is 2. The summed E-state index contributed by atoms with van der Waals surface area (Å²) in [7, 11) is 0. The predicted octanol–water partition coefficient (Wildman–Crippen LogP) is 3.81. The molecule has 2 rings (SSSR count). The topological polar surface area (TPSA) is 38.0 Å². The number of nitrogen functional groups attached to an aromatic ring is 1. The zero-order valence-corrected chi connectivity index (χ0v) is 10.1. The summed E-state index contributed by atoms with van der Waals surface area (Å²) in [4.78, 5) is 0. The Kier molecular flexibility index (Phi) is 3.67. The maximum atomic E-state index is 13.4. The lowest BCUT2D eigenvalue weighted by atomic mass is 10.2. The van der Waals surface area contributed by atoms with E-state index in [1.807, 2.05) is 0 Å². The molecule has 2 nitrogen and oxygen atoms in total. The lowest BCUT2D eigenvalue weighted by Gasteiger charge is -2.10. The molecule has 0 fully saturated rings. The van der Waals surface area contributed by atoms with Crippen LogP contribution in [0.2, 0.25) is 5.02 Å². The number of rotatable bonds is 3. The third-order valence-corrected chi connectivity index (χ3v) is 2.73. The van der Waals surface area contributed by atoms with Crippen molar-refractivity contribution in [2.24, 2.45) is 0 Å². The van der Waals surface area contributed by atoms with Crippen molar-refractivity contribution >= 4 is 23.0 Å². The highest BCUT2D eigenvalue weighted by molar-refractivity contribution is 6.31. The molecule has 94 valence electrons. The van der Waals surface area contributed by atoms with E-state index in [1.165, 1.54) is 12.1 Å². The molecule has 0 heterocycles. The summed E-state index contributed by atoms with van der Waals surface area (Å²) in [6.07, 6.45) is 0. The Labute approximate surface area is 108 Å². The van der Waals surface area contributed by atoms with E-state index in [9.17, 15) is 8.78 Å². The van der Waals surface area contributed by atoms with Crippen molar-refractivity contribution in [2.45, 2.75) is 6.54 Å². The van der Waals surface area contributed by atoms with Gasteiger partial charge >= 0.3 is 0 Å². The SMILES string of the molecule is Nc1cc(Cl)ccc1NCc1ccc(F)cc1F. The number of benzene rings is 2. The molecular weight excluding hydrogens is 258 g/mol. The van der Waals surface area contributed by atoms with Gasteiger partial charge in [0.25, 0.3) is 0 Å². The van der Waals surface area contributed by atoms with Crippen LogP contribution in [0.1, 0.15) is 5.56 Å². The lowest BCUT2D eigenvalue weighted by Crippen LogP contribution is -2.04. The Bertz CT molecular complexity index is 521. The molecule has 3 N–H and O–H groups in total. The fraction of sp³-hybridized carbons (Fsp3) is 0.0769. The van der Waals surface area contributed by atoms with Gasteiger partial charge in [-0.05, 0) is 24.3 Å². The van der Waals surface area contributed by atoms with E-state index in [0.29, 0.717) is 22.0 Å². The van der Waals surface area contributed by atoms with Crippen molar-refractivity contribution < 1.29 is 8.78 Å². The van der Waals surface area contributed by atoms with Crippen molar-refractivity contribution in [3.63, 3.8) is 0 Å². The van der Waals surface area contributed by atoms with Gasteiger partial charge < -0.3 is 11.1 Å². The van der Waals surface area contributed by atoms with Gasteiger partial charge in [0.05, 0.1) is 11.4 Å². The van der Waals surface area contributed by atoms with Crippen LogP contribution in [0.4, 0.5) is 20.2 Å². The first kappa shape index (κ1) is 12.6. The number of nitrogens with two attached hydrogens (primary N) is 1. The Morgan fingerprint density at radius 1 is 1.11 bits per heavy atom. The Morgan fingerprint density at radius 2 is 1.89 bits per heavy atom. The van der Waals surface area contributed by atoms with Crippen molar-refractivity contribution in [1.29, 1.82) is 0 Å². The van der Waals surface area contributed by atoms with E-state index in [4.69, 9.17) is 17.3 Å². The highest BCUT2D eigenvalue weighted by atomic mass is 35.5. The number of hydrogen-bond donors (Lipinski definition) is 2. The molecule has 0 aliphatic rings. The summed E-state index contributed by atoms with van der Waals surface area (Å²) in [5.41, 5.74) is 7.25. The first-order valence-electron chi connectivity index (χ1n) is 5.29. The molecule has 2 aromatic carbocycles. The maximum absolute atomic E-state index is 13.4. The quantitative estimate of drug-likeness (QED) is 0.831. The molecular formula is C13H11ClF2N2. The van der Waals surface area contributed by atoms with Crippen LogP contribution in [-0.4, -0.2) is 0 Å². The van der Waals surface area contributed by atoms with Crippen molar-refractivity contribution in [3.8, 4) is 0 Å². The van der Waals surface area contributed by atoms with Crippen LogP contribution < -0.4 is 11.1 Å². The molecule has 0 atom stereocenters. The standard InChI is InChI=1S/C13H11ClF2N2/c14-9-2-4-13(12(17)5-9)18-7-8-1-3-10(15)6-11(8)16/h1-6,18H,7,17H2. The first-order chi connectivity index (χ1) is 8.56. The second kappa shape index (κ2) is 5.23. The van der Waals surface area contributed by atoms with Gasteiger partial charge in [-0.3, -0.25) is 0 Å². The summed E-state index contributed by atoms with van der Waals surface area (Å²) < 4.78 is 26.1. The molecule has 0 saturated heterocycles. The van der Waals surface area contributed by atoms with Gasteiger partial charge in [-0.1, -0.05) is 17.7 Å². The monoisotopic (exact) mass is 268 g/mol. The van der Waals surface area contributed by atoms with E-state index < -0.39 is 11.6 Å². The van der Waals surface area contributed by atoms with Gasteiger partial charge in [0.2, 0.25) is 0 Å². The summed E-state index contributed by atoms with van der Waals surface area (Å²) in [5.74, 6) is -1.18. The summed E-state index contributed by atoms with van der Waals surface area (Å²) in [6.45, 7) is 0.220. The molecule has 0 aromatic heterocycles. The highest BCUT2D eigenvalue weighted by Gasteiger charge is 2.05. The van der Waals surface area contributed by atoms with Gasteiger partial charge in [-0.2, -0.15) is 0 Å². The largest absolute Gasteiger partial charge is 0.397 e. The van der Waals surface area contributed by atoms with Crippen LogP contribution in [0.25, 0.3) is 0 Å². The molecule has 5 heteroatoms. The van der Waals surface area contributed by atoms with Gasteiger partial charge in [0.1, 0.15) is 11.6 Å². The van der Waals surface area contributed by atoms with Gasteiger partial charge in [-0.25, -0.2) is 8.78 Å². The van der Waals surface area contributed by atoms with Crippen LogP contribution in [-0.2, 0) is 6.54 Å². The second-order valence-electron chi connectivity index (χ2n) is 3.82. The normalized spacial score (nSPS) is 10.4. The molecule has 18 heavy (non-hydrogen) atoms. The summed E-state index contributed by atoms with van der Waals surface area (Å²) in [5, 5.41) is 3.50. The Balaban J connectivity index is 2.11. The van der Waals surface area contributed by atoms with Gasteiger partial charge in [0.15, 0.2) is 0 Å². The maximum Gasteiger partial charge on any atom is 0.131 e. The lowest BCUT2D eigenvalue weighted by molar-refractivity contribution is 0.574. The highest BCUT2D eigenvalue weighted by Crippen LogP contribution is 2.23. The predicted molar refractivity (Wildman–Crippen MR) is 69.5 cm³/mol. The Hall–Kier alpha value is -1.81. The average Bonchev–Trinajstić information content (AvgIpc) is 2.30. The minimum atomic E-state index is -0.595. The van der Waals surface area contributed by atoms with E-state index in [2.05, 4.69) is 5.32 Å². The van der Waals surface area contributed by atoms with E-state index in [-0.39, 0.29) is 6.54 Å². The van der Waals surface area contributed by atoms with Gasteiger partial charge in [-0.15, -0.1) is 0 Å². The second-order valence-corrected chi connectivity index (χ2v) is 4.26. The Morgan fingerprint density at radius 3 is 2.56 bits per heavy atom. The van der Waals surface area contributed by atoms with Crippen LogP contribution in [0, 0.1) is 11.6 Å². The van der Waals surface area contributed by atoms with E-state index >= 15 is 0 Å². The van der Waals surface area contributed by atoms with Crippen LogP contribution in [0.3, 0.4) is 0 Å². The zero-order valence-electron chi connectivity index (χ0n) is 9.38. The molecule has 0 unspecified atom stereocenters. The van der Waals surface area contributed by atoms with Crippen LogP contribution >= 0.6 is 11.6 Å². The molecule has 0 aliphatic heterocycles. The number of anilines is 2. The fourth-order valence-corrected chi connectivity index (χ4v) is 1.73. The molecule has 2 aromatic rings. The fourth-order valence-electron chi connectivity index (χ4n) is 1.55. The minimum absolute atomic E-state index is 0.220. The van der Waals surface area contributed by atoms with E-state index in [1.54, 1.807) is 18.2 Å². The molecule has 0 amide bonds. The number of nitrogens with one attached hydrogen (secondary N) is 1. The van der Waals surface area contributed by atoms with Crippen molar-refractivity contribution in [1.82, 2.24) is 0 Å². The summed E-state index contributed by atoms with van der Waals surface area (Å²) >= 11 is 5.77. The molecule has 0 aliphatic carbocycles. The van der Waals surface area contributed by atoms with Crippen LogP contribution in [0.15, 0.2) is 36.4 Å². The van der Waals surface area contributed by atoms with Crippen molar-refractivity contribution in [3.05, 3.63) is 58.6 Å². The van der Waals surface area contributed by atoms with Crippen LogP contribution in [0.5, 0.6) is 0 Å². The molecule has 0 spiro atoms. The van der Waals surface area contributed by atoms with Gasteiger partial charge in [0, 0.05) is 23.2 Å². The van der Waals surface area contributed by atoms with E-state index in [0.717, 1.165) is 6.07 Å². The summed E-state index contributed by atoms with van der Waals surface area (Å²) in [6, 6.07) is 8.45. The zero-order chi connectivity index (χ0) is 13.1.